The molecule has 0 amide bonds. The minimum absolute atomic E-state index is 0.0394. The highest BCUT2D eigenvalue weighted by Crippen LogP contribution is 2.43. The third-order valence-electron chi connectivity index (χ3n) is 4.59. The molecule has 0 bridgehead atoms. The molecule has 1 aliphatic rings. The van der Waals surface area contributed by atoms with Gasteiger partial charge in [0.1, 0.15) is 11.5 Å². The van der Waals surface area contributed by atoms with Gasteiger partial charge in [-0.25, -0.2) is 0 Å². The maximum Gasteiger partial charge on any atom is 0.309 e. The second-order valence-corrected chi connectivity index (χ2v) is 6.17. The van der Waals surface area contributed by atoms with Crippen molar-refractivity contribution in [3.8, 4) is 17.6 Å². The summed E-state index contributed by atoms with van der Waals surface area (Å²) in [5.41, 5.74) is 0.963. The first-order chi connectivity index (χ1) is 11.6. The summed E-state index contributed by atoms with van der Waals surface area (Å²) in [7, 11) is 3.20. The first-order valence-electron chi connectivity index (χ1n) is 8.42. The van der Waals surface area contributed by atoms with Crippen LogP contribution in [0.3, 0.4) is 0 Å². The van der Waals surface area contributed by atoms with Gasteiger partial charge in [-0.1, -0.05) is 6.92 Å². The number of ether oxygens (including phenoxy) is 3. The normalized spacial score (nSPS) is 23.2. The van der Waals surface area contributed by atoms with Gasteiger partial charge in [0.05, 0.1) is 32.8 Å². The number of esters is 1. The number of methoxy groups -OCH3 is 2. The van der Waals surface area contributed by atoms with Crippen LogP contribution in [-0.2, 0) is 9.53 Å². The molecule has 0 spiro atoms. The Labute approximate surface area is 143 Å². The van der Waals surface area contributed by atoms with Crippen molar-refractivity contribution in [1.29, 1.82) is 5.26 Å². The quantitative estimate of drug-likeness (QED) is 0.744. The molecule has 2 rings (SSSR count). The lowest BCUT2D eigenvalue weighted by Gasteiger charge is -2.33. The summed E-state index contributed by atoms with van der Waals surface area (Å²) in [6.45, 7) is 2.41. The molecule has 0 radical (unpaired) electrons. The van der Waals surface area contributed by atoms with E-state index in [2.05, 4.69) is 6.07 Å². The van der Waals surface area contributed by atoms with Crippen LogP contribution < -0.4 is 9.47 Å². The molecule has 1 fully saturated rings. The average molecular weight is 331 g/mol. The summed E-state index contributed by atoms with van der Waals surface area (Å²) in [5, 5.41) is 9.31. The highest BCUT2D eigenvalue weighted by molar-refractivity contribution is 5.74. The third-order valence-corrected chi connectivity index (χ3v) is 4.59. The van der Waals surface area contributed by atoms with Crippen LogP contribution in [0.25, 0.3) is 0 Å². The van der Waals surface area contributed by atoms with Gasteiger partial charge in [0, 0.05) is 12.0 Å². The van der Waals surface area contributed by atoms with Gasteiger partial charge in [-0.15, -0.1) is 0 Å². The number of carbonyl (C=O) groups excluding carboxylic acids is 1. The summed E-state index contributed by atoms with van der Waals surface area (Å²) < 4.78 is 16.1. The van der Waals surface area contributed by atoms with Gasteiger partial charge < -0.3 is 14.2 Å². The van der Waals surface area contributed by atoms with Crippen LogP contribution in [0.2, 0.25) is 0 Å². The zero-order valence-corrected chi connectivity index (χ0v) is 14.6. The summed E-state index contributed by atoms with van der Waals surface area (Å²) in [6, 6.07) is 8.00. The molecule has 1 aliphatic carbocycles. The number of rotatable bonds is 6. The molecular weight excluding hydrogens is 306 g/mol. The molecule has 0 N–H and O–H groups in total. The molecule has 1 saturated carbocycles. The zero-order valence-electron chi connectivity index (χ0n) is 14.6. The number of nitriles is 1. The van der Waals surface area contributed by atoms with Gasteiger partial charge in [0.25, 0.3) is 0 Å². The maximum absolute atomic E-state index is 12.5. The van der Waals surface area contributed by atoms with Gasteiger partial charge in [-0.3, -0.25) is 4.79 Å². The van der Waals surface area contributed by atoms with Gasteiger partial charge in [0.15, 0.2) is 0 Å². The Bertz CT molecular complexity index is 586. The largest absolute Gasteiger partial charge is 0.497 e. The lowest BCUT2D eigenvalue weighted by atomic mass is 9.71. The van der Waals surface area contributed by atoms with Crippen molar-refractivity contribution in [1.82, 2.24) is 0 Å². The van der Waals surface area contributed by atoms with Crippen molar-refractivity contribution >= 4 is 5.97 Å². The van der Waals surface area contributed by atoms with Crippen LogP contribution in [0.1, 0.15) is 44.1 Å². The van der Waals surface area contributed by atoms with Crippen LogP contribution in [-0.4, -0.2) is 26.8 Å². The summed E-state index contributed by atoms with van der Waals surface area (Å²) in [5.74, 6) is 0.880. The van der Waals surface area contributed by atoms with Crippen LogP contribution in [0.5, 0.6) is 11.5 Å². The summed E-state index contributed by atoms with van der Waals surface area (Å²) in [4.78, 5) is 12.5. The molecule has 24 heavy (non-hydrogen) atoms. The number of hydrogen-bond donors (Lipinski definition) is 0. The predicted molar refractivity (Wildman–Crippen MR) is 90.0 cm³/mol. The van der Waals surface area contributed by atoms with Gasteiger partial charge >= 0.3 is 5.97 Å². The Morgan fingerprint density at radius 1 is 1.21 bits per heavy atom. The standard InChI is InChI=1S/C19H25NO4/c1-4-7-24-19(21)17-6-5-13(12-20)8-18(17)14-9-15(22-2)11-16(10-14)23-3/h9-11,13,17-18H,4-8H2,1-3H3. The Balaban J connectivity index is 2.33. The van der Waals surface area contributed by atoms with Crippen LogP contribution in [0.4, 0.5) is 0 Å². The van der Waals surface area contributed by atoms with Crippen molar-refractivity contribution in [2.24, 2.45) is 11.8 Å². The van der Waals surface area contributed by atoms with E-state index in [0.29, 0.717) is 30.9 Å². The fourth-order valence-corrected chi connectivity index (χ4v) is 3.29. The molecule has 5 heteroatoms. The molecule has 5 nitrogen and oxygen atoms in total. The van der Waals surface area contributed by atoms with E-state index in [-0.39, 0.29) is 23.7 Å². The fourth-order valence-electron chi connectivity index (χ4n) is 3.29. The molecule has 3 unspecified atom stereocenters. The molecule has 0 aromatic heterocycles. The molecule has 0 aliphatic heterocycles. The van der Waals surface area contributed by atoms with Crippen molar-refractivity contribution < 1.29 is 19.0 Å². The second-order valence-electron chi connectivity index (χ2n) is 6.17. The SMILES string of the molecule is CCCOC(=O)C1CCC(C#N)CC1c1cc(OC)cc(OC)c1. The van der Waals surface area contributed by atoms with Crippen molar-refractivity contribution in [2.45, 2.75) is 38.5 Å². The second kappa shape index (κ2) is 8.58. The Morgan fingerprint density at radius 3 is 2.42 bits per heavy atom. The lowest BCUT2D eigenvalue weighted by molar-refractivity contribution is -0.150. The van der Waals surface area contributed by atoms with E-state index in [1.807, 2.05) is 19.1 Å². The summed E-state index contributed by atoms with van der Waals surface area (Å²) >= 11 is 0. The van der Waals surface area contributed by atoms with Crippen molar-refractivity contribution in [2.75, 3.05) is 20.8 Å². The minimum Gasteiger partial charge on any atom is -0.497 e. The first kappa shape index (κ1) is 18.1. The lowest BCUT2D eigenvalue weighted by Crippen LogP contribution is -2.30. The summed E-state index contributed by atoms with van der Waals surface area (Å²) in [6.07, 6.45) is 2.86. The van der Waals surface area contributed by atoms with E-state index in [0.717, 1.165) is 18.4 Å². The van der Waals surface area contributed by atoms with E-state index < -0.39 is 0 Å². The van der Waals surface area contributed by atoms with Crippen molar-refractivity contribution in [3.63, 3.8) is 0 Å². The van der Waals surface area contributed by atoms with Gasteiger partial charge in [0.2, 0.25) is 0 Å². The van der Waals surface area contributed by atoms with E-state index in [4.69, 9.17) is 14.2 Å². The molecule has 1 aromatic carbocycles. The number of carbonyl (C=O) groups is 1. The number of nitrogens with zero attached hydrogens (tertiary/aromatic N) is 1. The first-order valence-corrected chi connectivity index (χ1v) is 8.42. The van der Waals surface area contributed by atoms with Crippen LogP contribution >= 0.6 is 0 Å². The monoisotopic (exact) mass is 331 g/mol. The Morgan fingerprint density at radius 2 is 1.88 bits per heavy atom. The third kappa shape index (κ3) is 4.19. The molecule has 3 atom stereocenters. The average Bonchev–Trinajstić information content (AvgIpc) is 2.64. The highest BCUT2D eigenvalue weighted by atomic mass is 16.5. The topological polar surface area (TPSA) is 68.6 Å². The molecule has 1 aromatic rings. The molecular formula is C19H25NO4. The van der Waals surface area contributed by atoms with Crippen molar-refractivity contribution in [3.05, 3.63) is 23.8 Å². The highest BCUT2D eigenvalue weighted by Gasteiger charge is 2.37. The number of benzene rings is 1. The number of hydrogen-bond acceptors (Lipinski definition) is 5. The van der Waals surface area contributed by atoms with Gasteiger partial charge in [-0.2, -0.15) is 5.26 Å². The van der Waals surface area contributed by atoms with E-state index >= 15 is 0 Å². The zero-order chi connectivity index (χ0) is 17.5. The van der Waals surface area contributed by atoms with E-state index in [1.54, 1.807) is 20.3 Å². The maximum atomic E-state index is 12.5. The molecule has 0 saturated heterocycles. The Hall–Kier alpha value is -2.22. The van der Waals surface area contributed by atoms with Crippen LogP contribution in [0, 0.1) is 23.2 Å². The van der Waals surface area contributed by atoms with E-state index in [1.165, 1.54) is 0 Å². The van der Waals surface area contributed by atoms with E-state index in [9.17, 15) is 10.1 Å². The Kier molecular flexibility index (Phi) is 6.48. The van der Waals surface area contributed by atoms with Gasteiger partial charge in [-0.05, 0) is 49.3 Å². The smallest absolute Gasteiger partial charge is 0.309 e. The van der Waals surface area contributed by atoms with Crippen LogP contribution in [0.15, 0.2) is 18.2 Å². The molecule has 0 heterocycles. The predicted octanol–water partition coefficient (Wildman–Crippen LogP) is 3.68. The fraction of sp³-hybridized carbons (Fsp3) is 0.579. The molecule has 130 valence electrons. The minimum atomic E-state index is -0.224.